The van der Waals surface area contributed by atoms with E-state index in [1.165, 1.54) is 12.1 Å². The Kier molecular flexibility index (Phi) is 5.76. The van der Waals surface area contributed by atoms with Crippen LogP contribution in [0.2, 0.25) is 5.02 Å². The molecule has 0 unspecified atom stereocenters. The van der Waals surface area contributed by atoms with Gasteiger partial charge in [-0.25, -0.2) is 0 Å². The number of hydrogen-bond donors (Lipinski definition) is 1. The zero-order valence-corrected chi connectivity index (χ0v) is 14.0. The molecule has 6 nitrogen and oxygen atoms in total. The van der Waals surface area contributed by atoms with Crippen molar-refractivity contribution in [3.05, 3.63) is 68.7 Å². The molecule has 0 saturated carbocycles. The van der Waals surface area contributed by atoms with Gasteiger partial charge in [0.1, 0.15) is 17.4 Å². The highest BCUT2D eigenvalue weighted by Gasteiger charge is 2.17. The van der Waals surface area contributed by atoms with Gasteiger partial charge in [0.25, 0.3) is 11.6 Å². The van der Waals surface area contributed by atoms with Gasteiger partial charge in [0.15, 0.2) is 0 Å². The monoisotopic (exact) mass is 348 g/mol. The van der Waals surface area contributed by atoms with Crippen LogP contribution < -0.4 is 10.1 Å². The van der Waals surface area contributed by atoms with Gasteiger partial charge in [0.05, 0.1) is 11.0 Å². The fourth-order valence-corrected chi connectivity index (χ4v) is 2.26. The summed E-state index contributed by atoms with van der Waals surface area (Å²) >= 11 is 5.74. The SMILES string of the molecule is Cc1ccccc1OC[C@@H](C)NC(=O)c1ccc(Cl)c([N+](=O)[O-])c1. The van der Waals surface area contributed by atoms with Crippen molar-refractivity contribution in [3.63, 3.8) is 0 Å². The fraction of sp³-hybridized carbons (Fsp3) is 0.235. The normalized spacial score (nSPS) is 11.6. The van der Waals surface area contributed by atoms with E-state index < -0.39 is 10.8 Å². The van der Waals surface area contributed by atoms with Crippen molar-refractivity contribution in [2.75, 3.05) is 6.61 Å². The first-order chi connectivity index (χ1) is 11.4. The molecule has 1 atom stereocenters. The second kappa shape index (κ2) is 7.79. The van der Waals surface area contributed by atoms with E-state index in [-0.39, 0.29) is 28.9 Å². The third-order valence-corrected chi connectivity index (χ3v) is 3.68. The minimum Gasteiger partial charge on any atom is -0.491 e. The number of carbonyl (C=O) groups is 1. The van der Waals surface area contributed by atoms with Crippen LogP contribution in [0.4, 0.5) is 5.69 Å². The number of para-hydroxylation sites is 1. The highest BCUT2D eigenvalue weighted by molar-refractivity contribution is 6.32. The van der Waals surface area contributed by atoms with Crippen molar-refractivity contribution < 1.29 is 14.5 Å². The highest BCUT2D eigenvalue weighted by Crippen LogP contribution is 2.25. The van der Waals surface area contributed by atoms with Crippen molar-refractivity contribution in [3.8, 4) is 5.75 Å². The van der Waals surface area contributed by atoms with Crippen molar-refractivity contribution >= 4 is 23.2 Å². The van der Waals surface area contributed by atoms with Gasteiger partial charge >= 0.3 is 0 Å². The van der Waals surface area contributed by atoms with Gasteiger partial charge in [-0.3, -0.25) is 14.9 Å². The zero-order valence-electron chi connectivity index (χ0n) is 13.3. The summed E-state index contributed by atoms with van der Waals surface area (Å²) in [7, 11) is 0. The Morgan fingerprint density at radius 2 is 2.04 bits per heavy atom. The van der Waals surface area contributed by atoms with Crippen LogP contribution in [0.1, 0.15) is 22.8 Å². The molecule has 0 aliphatic carbocycles. The molecule has 2 aromatic carbocycles. The van der Waals surface area contributed by atoms with Crippen LogP contribution in [0.25, 0.3) is 0 Å². The number of aryl methyl sites for hydroxylation is 1. The molecule has 0 heterocycles. The van der Waals surface area contributed by atoms with Gasteiger partial charge in [-0.2, -0.15) is 0 Å². The third-order valence-electron chi connectivity index (χ3n) is 3.36. The number of nitrogens with zero attached hydrogens (tertiary/aromatic N) is 1. The highest BCUT2D eigenvalue weighted by atomic mass is 35.5. The van der Waals surface area contributed by atoms with E-state index in [0.29, 0.717) is 0 Å². The first kappa shape index (κ1) is 17.7. The van der Waals surface area contributed by atoms with Crippen molar-refractivity contribution in [1.29, 1.82) is 0 Å². The number of nitrogens with one attached hydrogen (secondary N) is 1. The average Bonchev–Trinajstić information content (AvgIpc) is 2.54. The predicted molar refractivity (Wildman–Crippen MR) is 91.7 cm³/mol. The molecule has 1 N–H and O–H groups in total. The Morgan fingerprint density at radius 3 is 2.71 bits per heavy atom. The Hall–Kier alpha value is -2.60. The summed E-state index contributed by atoms with van der Waals surface area (Å²) in [4.78, 5) is 22.4. The van der Waals surface area contributed by atoms with E-state index in [1.54, 1.807) is 6.92 Å². The first-order valence-electron chi connectivity index (χ1n) is 7.31. The smallest absolute Gasteiger partial charge is 0.288 e. The number of amides is 1. The number of carbonyl (C=O) groups excluding carboxylic acids is 1. The van der Waals surface area contributed by atoms with Crippen LogP contribution in [-0.2, 0) is 0 Å². The van der Waals surface area contributed by atoms with Gasteiger partial charge in [0, 0.05) is 11.6 Å². The maximum atomic E-state index is 12.2. The predicted octanol–water partition coefficient (Wildman–Crippen LogP) is 3.75. The molecule has 0 radical (unpaired) electrons. The number of nitro groups is 1. The number of ether oxygens (including phenoxy) is 1. The average molecular weight is 349 g/mol. The summed E-state index contributed by atoms with van der Waals surface area (Å²) in [6.45, 7) is 4.01. The molecular formula is C17H17ClN2O4. The number of hydrogen-bond acceptors (Lipinski definition) is 4. The van der Waals surface area contributed by atoms with Crippen LogP contribution in [0, 0.1) is 17.0 Å². The zero-order chi connectivity index (χ0) is 17.7. The van der Waals surface area contributed by atoms with Gasteiger partial charge in [-0.05, 0) is 37.6 Å². The number of nitro benzene ring substituents is 1. The van der Waals surface area contributed by atoms with E-state index in [9.17, 15) is 14.9 Å². The lowest BCUT2D eigenvalue weighted by molar-refractivity contribution is -0.384. The summed E-state index contributed by atoms with van der Waals surface area (Å²) < 4.78 is 5.67. The lowest BCUT2D eigenvalue weighted by Crippen LogP contribution is -2.36. The standard InChI is InChI=1S/C17H17ClN2O4/c1-11-5-3-4-6-16(11)24-10-12(2)19-17(21)13-7-8-14(18)15(9-13)20(22)23/h3-9,12H,10H2,1-2H3,(H,19,21)/t12-/m1/s1. The molecule has 2 rings (SSSR count). The summed E-state index contributed by atoms with van der Waals surface area (Å²) in [5.74, 6) is 0.330. The quantitative estimate of drug-likeness (QED) is 0.636. The van der Waals surface area contributed by atoms with Crippen LogP contribution in [0.5, 0.6) is 5.75 Å². The molecule has 7 heteroatoms. The maximum absolute atomic E-state index is 12.2. The molecule has 0 spiro atoms. The first-order valence-corrected chi connectivity index (χ1v) is 7.69. The molecule has 0 fully saturated rings. The largest absolute Gasteiger partial charge is 0.491 e. The Balaban J connectivity index is 1.98. The van der Waals surface area contributed by atoms with E-state index in [1.807, 2.05) is 31.2 Å². The topological polar surface area (TPSA) is 81.5 Å². The van der Waals surface area contributed by atoms with Crippen molar-refractivity contribution in [2.45, 2.75) is 19.9 Å². The Morgan fingerprint density at radius 1 is 1.33 bits per heavy atom. The minimum absolute atomic E-state index is 0.00696. The summed E-state index contributed by atoms with van der Waals surface area (Å²) in [5, 5.41) is 13.6. The van der Waals surface area contributed by atoms with Gasteiger partial charge < -0.3 is 10.1 Å². The third kappa shape index (κ3) is 4.45. The van der Waals surface area contributed by atoms with Crippen LogP contribution in [0.15, 0.2) is 42.5 Å². The molecule has 0 aromatic heterocycles. The summed E-state index contributed by atoms with van der Waals surface area (Å²) in [6.07, 6.45) is 0. The second-order valence-corrected chi connectivity index (χ2v) is 5.78. The van der Waals surface area contributed by atoms with Crippen molar-refractivity contribution in [2.24, 2.45) is 0 Å². The Labute approximate surface area is 144 Å². The van der Waals surface area contributed by atoms with E-state index in [2.05, 4.69) is 5.32 Å². The molecule has 0 saturated heterocycles. The number of rotatable bonds is 6. The van der Waals surface area contributed by atoms with E-state index >= 15 is 0 Å². The maximum Gasteiger partial charge on any atom is 0.288 e. The van der Waals surface area contributed by atoms with E-state index in [4.69, 9.17) is 16.3 Å². The number of halogens is 1. The number of benzene rings is 2. The molecule has 24 heavy (non-hydrogen) atoms. The molecule has 126 valence electrons. The molecule has 0 aliphatic heterocycles. The summed E-state index contributed by atoms with van der Waals surface area (Å²) in [6, 6.07) is 11.2. The van der Waals surface area contributed by atoms with Crippen LogP contribution in [0.3, 0.4) is 0 Å². The Bertz CT molecular complexity index is 764. The summed E-state index contributed by atoms with van der Waals surface area (Å²) in [5.41, 5.74) is 0.881. The molecule has 1 amide bonds. The lowest BCUT2D eigenvalue weighted by atomic mass is 10.1. The van der Waals surface area contributed by atoms with Gasteiger partial charge in [-0.15, -0.1) is 0 Å². The van der Waals surface area contributed by atoms with Crippen LogP contribution >= 0.6 is 11.6 Å². The van der Waals surface area contributed by atoms with Gasteiger partial charge in [-0.1, -0.05) is 29.8 Å². The van der Waals surface area contributed by atoms with Crippen molar-refractivity contribution in [1.82, 2.24) is 5.32 Å². The van der Waals surface area contributed by atoms with Gasteiger partial charge in [0.2, 0.25) is 0 Å². The second-order valence-electron chi connectivity index (χ2n) is 5.37. The molecular weight excluding hydrogens is 332 g/mol. The molecule has 2 aromatic rings. The minimum atomic E-state index is -0.621. The van der Waals surface area contributed by atoms with E-state index in [0.717, 1.165) is 17.4 Å². The molecule has 0 bridgehead atoms. The van der Waals surface area contributed by atoms with Crippen LogP contribution in [-0.4, -0.2) is 23.5 Å². The lowest BCUT2D eigenvalue weighted by Gasteiger charge is -2.16. The fourth-order valence-electron chi connectivity index (χ4n) is 2.08. The molecule has 0 aliphatic rings.